The minimum absolute atomic E-state index is 0.203. The van der Waals surface area contributed by atoms with Crippen molar-refractivity contribution in [1.29, 1.82) is 0 Å². The molecule has 0 bridgehead atoms. The molecule has 4 heteroatoms. The van der Waals surface area contributed by atoms with Crippen LogP contribution in [0.4, 0.5) is 0 Å². The van der Waals surface area contributed by atoms with Crippen LogP contribution in [0.5, 0.6) is 0 Å². The molecule has 0 saturated heterocycles. The second-order valence-electron chi connectivity index (χ2n) is 2.94. The van der Waals surface area contributed by atoms with E-state index in [9.17, 15) is 4.79 Å². The predicted octanol–water partition coefficient (Wildman–Crippen LogP) is 2.48. The standard InChI is InChI=1S/C9H8N2OS/c1-6-2-8(13-5-6)3-7-4-10-11-9(7)12/h2,4-5H,3H2,1H3. The highest BCUT2D eigenvalue weighted by atomic mass is 32.1. The molecule has 0 aliphatic carbocycles. The van der Waals surface area contributed by atoms with Gasteiger partial charge < -0.3 is 0 Å². The van der Waals surface area contributed by atoms with Crippen LogP contribution >= 0.6 is 11.3 Å². The van der Waals surface area contributed by atoms with Gasteiger partial charge in [0, 0.05) is 16.9 Å². The number of rotatable bonds is 2. The minimum atomic E-state index is -0.203. The lowest BCUT2D eigenvalue weighted by Gasteiger charge is -1.93. The SMILES string of the molecule is Cc1csc(CC2=CN=NC2=O)c1. The highest BCUT2D eigenvalue weighted by molar-refractivity contribution is 7.10. The van der Waals surface area contributed by atoms with Gasteiger partial charge in [0.15, 0.2) is 0 Å². The van der Waals surface area contributed by atoms with Crippen LogP contribution in [0.3, 0.4) is 0 Å². The van der Waals surface area contributed by atoms with E-state index in [4.69, 9.17) is 0 Å². The first kappa shape index (κ1) is 8.31. The third-order valence-corrected chi connectivity index (χ3v) is 2.84. The van der Waals surface area contributed by atoms with Gasteiger partial charge in [-0.25, -0.2) is 0 Å². The van der Waals surface area contributed by atoms with Gasteiger partial charge in [-0.1, -0.05) is 0 Å². The molecular weight excluding hydrogens is 184 g/mol. The molecule has 0 radical (unpaired) electrons. The van der Waals surface area contributed by atoms with Gasteiger partial charge in [0.25, 0.3) is 5.91 Å². The summed E-state index contributed by atoms with van der Waals surface area (Å²) in [7, 11) is 0. The van der Waals surface area contributed by atoms with E-state index in [1.54, 1.807) is 11.3 Å². The van der Waals surface area contributed by atoms with E-state index < -0.39 is 0 Å². The Hall–Kier alpha value is -1.29. The van der Waals surface area contributed by atoms with E-state index >= 15 is 0 Å². The van der Waals surface area contributed by atoms with Crippen LogP contribution in [0.15, 0.2) is 33.4 Å². The number of hydrogen-bond donors (Lipinski definition) is 0. The third-order valence-electron chi connectivity index (χ3n) is 1.79. The molecule has 1 aromatic heterocycles. The van der Waals surface area contributed by atoms with Crippen LogP contribution in [-0.2, 0) is 11.2 Å². The molecule has 2 rings (SSSR count). The summed E-state index contributed by atoms with van der Waals surface area (Å²) in [6.45, 7) is 2.04. The van der Waals surface area contributed by atoms with Crippen molar-refractivity contribution in [2.45, 2.75) is 13.3 Å². The largest absolute Gasteiger partial charge is 0.293 e. The average molecular weight is 192 g/mol. The van der Waals surface area contributed by atoms with Crippen LogP contribution in [-0.4, -0.2) is 5.91 Å². The Morgan fingerprint density at radius 1 is 1.54 bits per heavy atom. The number of carbonyl (C=O) groups excluding carboxylic acids is 1. The summed E-state index contributed by atoms with van der Waals surface area (Å²) in [6, 6.07) is 2.08. The topological polar surface area (TPSA) is 41.8 Å². The monoisotopic (exact) mass is 192 g/mol. The number of carbonyl (C=O) groups is 1. The Labute approximate surface area is 79.8 Å². The molecular formula is C9H8N2OS. The lowest BCUT2D eigenvalue weighted by molar-refractivity contribution is -0.114. The highest BCUT2D eigenvalue weighted by Crippen LogP contribution is 2.20. The Bertz CT molecular complexity index is 404. The molecule has 0 saturated carbocycles. The molecule has 0 atom stereocenters. The maximum absolute atomic E-state index is 11.1. The molecule has 1 aromatic rings. The van der Waals surface area contributed by atoms with Crippen molar-refractivity contribution in [1.82, 2.24) is 0 Å². The first-order valence-corrected chi connectivity index (χ1v) is 4.82. The first-order valence-electron chi connectivity index (χ1n) is 3.94. The Kier molecular flexibility index (Phi) is 2.06. The summed E-state index contributed by atoms with van der Waals surface area (Å²) in [5.41, 5.74) is 1.92. The van der Waals surface area contributed by atoms with Crippen LogP contribution < -0.4 is 0 Å². The number of hydrogen-bond acceptors (Lipinski definition) is 3. The number of thiophene rings is 1. The normalized spacial score (nSPS) is 15.2. The van der Waals surface area contributed by atoms with Crippen molar-refractivity contribution in [2.75, 3.05) is 0 Å². The van der Waals surface area contributed by atoms with E-state index in [0.29, 0.717) is 12.0 Å². The van der Waals surface area contributed by atoms with Crippen molar-refractivity contribution < 1.29 is 4.79 Å². The van der Waals surface area contributed by atoms with Gasteiger partial charge in [-0.05, 0) is 23.9 Å². The molecule has 0 unspecified atom stereocenters. The molecule has 66 valence electrons. The molecule has 0 aromatic carbocycles. The summed E-state index contributed by atoms with van der Waals surface area (Å²) in [6.07, 6.45) is 2.20. The van der Waals surface area contributed by atoms with E-state index in [1.807, 2.05) is 6.92 Å². The molecule has 3 nitrogen and oxygen atoms in total. The Balaban J connectivity index is 2.11. The van der Waals surface area contributed by atoms with Gasteiger partial charge in [0.1, 0.15) is 0 Å². The lowest BCUT2D eigenvalue weighted by Crippen LogP contribution is -1.96. The maximum Gasteiger partial charge on any atom is 0.293 e. The molecule has 0 spiro atoms. The second kappa shape index (κ2) is 3.22. The van der Waals surface area contributed by atoms with Crippen molar-refractivity contribution in [3.05, 3.63) is 33.7 Å². The van der Waals surface area contributed by atoms with E-state index in [0.717, 1.165) is 0 Å². The molecule has 0 fully saturated rings. The van der Waals surface area contributed by atoms with E-state index in [2.05, 4.69) is 21.7 Å². The van der Waals surface area contributed by atoms with Gasteiger partial charge in [0.05, 0.1) is 6.20 Å². The number of aryl methyl sites for hydroxylation is 1. The van der Waals surface area contributed by atoms with Crippen LogP contribution in [0.2, 0.25) is 0 Å². The van der Waals surface area contributed by atoms with E-state index in [-0.39, 0.29) is 5.91 Å². The minimum Gasteiger partial charge on any atom is -0.265 e. The molecule has 2 heterocycles. The van der Waals surface area contributed by atoms with E-state index in [1.165, 1.54) is 16.6 Å². The number of amides is 1. The van der Waals surface area contributed by atoms with Crippen molar-refractivity contribution in [3.8, 4) is 0 Å². The first-order chi connectivity index (χ1) is 6.25. The van der Waals surface area contributed by atoms with Gasteiger partial charge >= 0.3 is 0 Å². The zero-order valence-corrected chi connectivity index (χ0v) is 7.97. The van der Waals surface area contributed by atoms with Crippen LogP contribution in [0.25, 0.3) is 0 Å². The summed E-state index contributed by atoms with van der Waals surface area (Å²) >= 11 is 1.66. The smallest absolute Gasteiger partial charge is 0.265 e. The summed E-state index contributed by atoms with van der Waals surface area (Å²) in [4.78, 5) is 12.2. The fraction of sp³-hybridized carbons (Fsp3) is 0.222. The maximum atomic E-state index is 11.1. The van der Waals surface area contributed by atoms with Crippen molar-refractivity contribution >= 4 is 17.2 Å². The average Bonchev–Trinajstić information content (AvgIpc) is 2.64. The molecule has 0 N–H and O–H groups in total. The molecule has 1 aliphatic heterocycles. The van der Waals surface area contributed by atoms with Gasteiger partial charge in [0.2, 0.25) is 0 Å². The fourth-order valence-electron chi connectivity index (χ4n) is 1.16. The fourth-order valence-corrected chi connectivity index (χ4v) is 2.06. The predicted molar refractivity (Wildman–Crippen MR) is 50.7 cm³/mol. The summed E-state index contributed by atoms with van der Waals surface area (Å²) in [5.74, 6) is -0.203. The Morgan fingerprint density at radius 3 is 2.92 bits per heavy atom. The van der Waals surface area contributed by atoms with Crippen LogP contribution in [0, 0.1) is 6.92 Å². The van der Waals surface area contributed by atoms with Crippen LogP contribution in [0.1, 0.15) is 10.4 Å². The van der Waals surface area contributed by atoms with Gasteiger partial charge in [-0.3, -0.25) is 4.79 Å². The zero-order chi connectivity index (χ0) is 9.26. The summed E-state index contributed by atoms with van der Waals surface area (Å²) in [5, 5.41) is 9.06. The number of azo groups is 1. The molecule has 1 aliphatic rings. The molecule has 13 heavy (non-hydrogen) atoms. The molecule has 1 amide bonds. The second-order valence-corrected chi connectivity index (χ2v) is 3.94. The van der Waals surface area contributed by atoms with Gasteiger partial charge in [-0.2, -0.15) is 5.11 Å². The Morgan fingerprint density at radius 2 is 2.38 bits per heavy atom. The quantitative estimate of drug-likeness (QED) is 0.709. The third kappa shape index (κ3) is 1.72. The van der Waals surface area contributed by atoms with Gasteiger partial charge in [-0.15, -0.1) is 16.5 Å². The van der Waals surface area contributed by atoms with Crippen molar-refractivity contribution in [2.24, 2.45) is 10.2 Å². The van der Waals surface area contributed by atoms with Crippen molar-refractivity contribution in [3.63, 3.8) is 0 Å². The lowest BCUT2D eigenvalue weighted by atomic mass is 10.1. The highest BCUT2D eigenvalue weighted by Gasteiger charge is 2.14. The zero-order valence-electron chi connectivity index (χ0n) is 7.15. The number of nitrogens with zero attached hydrogens (tertiary/aromatic N) is 2. The summed E-state index contributed by atoms with van der Waals surface area (Å²) < 4.78 is 0.